The van der Waals surface area contributed by atoms with Crippen LogP contribution < -0.4 is 16.1 Å². The predicted octanol–water partition coefficient (Wildman–Crippen LogP) is 11.6. The molecular weight excluding hydrogens is 1170 g/mol. The molecule has 2 amide bonds. The number of hydrogen-bond acceptors (Lipinski definition) is 16. The molecule has 2 aliphatic carbocycles. The molecule has 446 valence electrons. The van der Waals surface area contributed by atoms with Crippen molar-refractivity contribution in [1.29, 1.82) is 0 Å². The van der Waals surface area contributed by atoms with E-state index < -0.39 is 7.12 Å². The third kappa shape index (κ3) is 15.7. The first kappa shape index (κ1) is 62.5. The van der Waals surface area contributed by atoms with E-state index in [1.165, 1.54) is 22.3 Å². The summed E-state index contributed by atoms with van der Waals surface area (Å²) in [7, 11) is -0.399. The second-order valence-electron chi connectivity index (χ2n) is 26.1. The highest BCUT2D eigenvalue weighted by Crippen LogP contribution is 2.39. The van der Waals surface area contributed by atoms with Crippen LogP contribution >= 0.6 is 22.6 Å². The molecule has 0 unspecified atom stereocenters. The Morgan fingerprint density at radius 1 is 0.607 bits per heavy atom. The number of fused-ring (bicyclic) bond motifs is 2. The number of anilines is 2. The molecule has 11 rings (SSSR count). The van der Waals surface area contributed by atoms with Crippen LogP contribution in [0.1, 0.15) is 202 Å². The first-order chi connectivity index (χ1) is 39.8. The summed E-state index contributed by atoms with van der Waals surface area (Å²) >= 11 is 2.19. The Morgan fingerprint density at radius 3 is 1.51 bits per heavy atom. The molecule has 2 atom stereocenters. The van der Waals surface area contributed by atoms with E-state index in [0.29, 0.717) is 36.3 Å². The maximum atomic E-state index is 13.2. The number of Topliss-reactive ketones (excluding diaryl/α,β-unsaturated/α-hetero) is 2. The number of carbonyl (C=O) groups is 4. The molecule has 0 spiro atoms. The minimum absolute atomic E-state index is 0.0499. The van der Waals surface area contributed by atoms with Gasteiger partial charge in [-0.25, -0.2) is 9.97 Å². The smallest absolute Gasteiger partial charge is 0.399 e. The fourth-order valence-electron chi connectivity index (χ4n) is 10.4. The number of nitrogens with one attached hydrogen (secondary N) is 2. The van der Waals surface area contributed by atoms with Crippen molar-refractivity contribution in [2.75, 3.05) is 36.8 Å². The molecule has 5 aliphatic rings. The molecule has 0 bridgehead atoms. The highest BCUT2D eigenvalue weighted by Gasteiger charge is 2.52. The zero-order chi connectivity index (χ0) is 60.3. The maximum Gasteiger partial charge on any atom is 0.494 e. The molecule has 3 fully saturated rings. The Balaban J connectivity index is 0.000000166. The molecule has 3 aliphatic heterocycles. The highest BCUT2D eigenvalue weighted by molar-refractivity contribution is 14.1. The summed E-state index contributed by atoms with van der Waals surface area (Å²) in [6.45, 7) is 30.0. The van der Waals surface area contributed by atoms with E-state index in [-0.39, 0.29) is 80.7 Å². The van der Waals surface area contributed by atoms with Gasteiger partial charge in [0.2, 0.25) is 46.8 Å². The lowest BCUT2D eigenvalue weighted by molar-refractivity contribution is -0.118. The maximum absolute atomic E-state index is 13.2. The Morgan fingerprint density at radius 2 is 1.06 bits per heavy atom. The number of aromatic nitrogens is 6. The van der Waals surface area contributed by atoms with Gasteiger partial charge in [0.15, 0.2) is 0 Å². The van der Waals surface area contributed by atoms with E-state index in [0.717, 1.165) is 98.0 Å². The average Bonchev–Trinajstić information content (AvgIpc) is 3.70. The van der Waals surface area contributed by atoms with Crippen LogP contribution in [0.5, 0.6) is 0 Å². The van der Waals surface area contributed by atoms with Crippen molar-refractivity contribution >= 4 is 70.2 Å². The minimum Gasteiger partial charge on any atom is -0.399 e. The summed E-state index contributed by atoms with van der Waals surface area (Å²) in [4.78, 5) is 71.8. The van der Waals surface area contributed by atoms with Crippen LogP contribution in [0.15, 0.2) is 82.1 Å². The van der Waals surface area contributed by atoms with Gasteiger partial charge in [-0.3, -0.25) is 29.0 Å². The number of ketones is 2. The molecule has 2 aromatic carbocycles. The van der Waals surface area contributed by atoms with E-state index in [1.54, 1.807) is 12.4 Å². The van der Waals surface area contributed by atoms with Crippen molar-refractivity contribution in [3.8, 4) is 11.1 Å². The van der Waals surface area contributed by atoms with Crippen molar-refractivity contribution in [3.05, 3.63) is 122 Å². The third-order valence-electron chi connectivity index (χ3n) is 16.7. The largest absolute Gasteiger partial charge is 0.494 e. The Hall–Kier alpha value is -6.07. The van der Waals surface area contributed by atoms with Gasteiger partial charge in [-0.2, -0.15) is 9.97 Å². The zero-order valence-corrected chi connectivity index (χ0v) is 53.1. The number of nitrogens with zero attached hydrogens (tertiary/aromatic N) is 8. The molecule has 2 saturated carbocycles. The zero-order valence-electron chi connectivity index (χ0n) is 50.9. The van der Waals surface area contributed by atoms with Gasteiger partial charge in [-0.05, 0) is 196 Å². The summed E-state index contributed by atoms with van der Waals surface area (Å²) in [5.41, 5.74) is 6.60. The van der Waals surface area contributed by atoms with Crippen molar-refractivity contribution in [3.63, 3.8) is 0 Å². The van der Waals surface area contributed by atoms with Gasteiger partial charge >= 0.3 is 7.12 Å². The standard InChI is InChI=1S/C29H35N5O3.C26H38BN3O4.C9H9IN2O/c1-5-34-13-11-21(15-24(35)26-32-28(37-33-26)29(2,3)4)23-9-8-19(14-22(23)17-34)20-10-12-30-25(16-20)31-27(36)18-6-7-18;1-9-30-13-12-17(15-21(31)22-28-23(32-29-22)24(2,3)4)20-11-10-19(14-18(20)16-30)27-33-25(5,6)26(7,8)34-27;10-7-3-4-11-8(5-7)12-9(13)6-1-2-6/h8-10,12,14,16,18,21H,5-7,11,13,15,17H2,1-4H3,(H,30,31,36);10-11,14,17H,9,12-13,15-16H2,1-8H3;3-6H,1-2H2,(H,11,12,13)/t21-;17-;/m00./s1. The summed E-state index contributed by atoms with van der Waals surface area (Å²) < 4.78 is 24.4. The summed E-state index contributed by atoms with van der Waals surface area (Å²) in [5.74, 6) is 3.08. The Labute approximate surface area is 508 Å². The van der Waals surface area contributed by atoms with E-state index in [4.69, 9.17) is 18.4 Å². The second-order valence-corrected chi connectivity index (χ2v) is 27.3. The minimum atomic E-state index is -0.399. The second kappa shape index (κ2) is 25.9. The molecule has 2 N–H and O–H groups in total. The molecule has 84 heavy (non-hydrogen) atoms. The van der Waals surface area contributed by atoms with Crippen molar-refractivity contribution in [2.45, 2.75) is 181 Å². The number of benzene rings is 2. The van der Waals surface area contributed by atoms with E-state index in [2.05, 4.69) is 151 Å². The highest BCUT2D eigenvalue weighted by atomic mass is 127. The lowest BCUT2D eigenvalue weighted by Crippen LogP contribution is -2.41. The summed E-state index contributed by atoms with van der Waals surface area (Å²) in [6.07, 6.45) is 9.91. The van der Waals surface area contributed by atoms with Gasteiger partial charge in [0.25, 0.3) is 0 Å². The molecule has 0 radical (unpaired) electrons. The number of rotatable bonds is 14. The Kier molecular flexibility index (Phi) is 19.2. The number of pyridine rings is 2. The molecule has 1 saturated heterocycles. The van der Waals surface area contributed by atoms with Crippen LogP contribution in [-0.2, 0) is 42.8 Å². The van der Waals surface area contributed by atoms with Crippen LogP contribution in [0.4, 0.5) is 11.6 Å². The summed E-state index contributed by atoms with van der Waals surface area (Å²) in [5, 5.41) is 13.7. The number of hydrogen-bond donors (Lipinski definition) is 2. The van der Waals surface area contributed by atoms with Gasteiger partial charge in [0.05, 0.1) is 11.2 Å². The number of amides is 2. The van der Waals surface area contributed by atoms with Crippen LogP contribution in [-0.4, -0.2) is 108 Å². The topological polar surface area (TPSA) is 221 Å². The lowest BCUT2D eigenvalue weighted by Gasteiger charge is -2.32. The number of carbonyl (C=O) groups excluding carboxylic acids is 4. The van der Waals surface area contributed by atoms with Crippen LogP contribution in [0.2, 0.25) is 0 Å². The number of halogens is 1. The van der Waals surface area contributed by atoms with Crippen LogP contribution in [0, 0.1) is 15.4 Å². The van der Waals surface area contributed by atoms with E-state index in [9.17, 15) is 19.2 Å². The van der Waals surface area contributed by atoms with Crippen LogP contribution in [0.3, 0.4) is 0 Å². The van der Waals surface area contributed by atoms with Gasteiger partial charge in [-0.15, -0.1) is 0 Å². The van der Waals surface area contributed by atoms with Crippen molar-refractivity contribution in [1.82, 2.24) is 40.0 Å². The van der Waals surface area contributed by atoms with E-state index >= 15 is 0 Å². The molecule has 7 heterocycles. The molecule has 4 aromatic heterocycles. The van der Waals surface area contributed by atoms with Crippen molar-refractivity contribution < 1.29 is 37.5 Å². The molecule has 20 heteroatoms. The van der Waals surface area contributed by atoms with Gasteiger partial charge < -0.3 is 29.0 Å². The van der Waals surface area contributed by atoms with Gasteiger partial charge in [-0.1, -0.05) is 96.0 Å². The normalized spacial score (nSPS) is 19.5. The SMILES string of the molecule is CCN1CC[C@@H](CC(=O)c2noc(C(C)(C)C)n2)c2ccc(-c3ccnc(NC(=O)C4CC4)c3)cc2C1.CCN1CC[C@@H](CC(=O)c2noc(C(C)(C)C)n2)c2ccc(B3OC(C)(C)C(C)(C)O3)cc2C1.O=C(Nc1cc(I)ccn1)C1CC1. The lowest BCUT2D eigenvalue weighted by atomic mass is 9.76. The fraction of sp³-hybridized carbons (Fsp3) is 0.531. The quantitative estimate of drug-likeness (QED) is 0.0588. The third-order valence-corrected chi connectivity index (χ3v) is 17.4. The predicted molar refractivity (Wildman–Crippen MR) is 332 cm³/mol. The first-order valence-electron chi connectivity index (χ1n) is 29.8. The molecular formula is C64H82BIN10O8. The van der Waals surface area contributed by atoms with Crippen LogP contribution in [0.25, 0.3) is 11.1 Å². The summed E-state index contributed by atoms with van der Waals surface area (Å²) in [6, 6.07) is 20.6. The Bertz CT molecular complexity index is 3320. The van der Waals surface area contributed by atoms with Crippen molar-refractivity contribution in [2.24, 2.45) is 11.8 Å². The monoisotopic (exact) mass is 1260 g/mol. The average molecular weight is 1260 g/mol. The molecule has 18 nitrogen and oxygen atoms in total. The van der Waals surface area contributed by atoms with E-state index in [1.807, 2.05) is 65.8 Å². The fourth-order valence-corrected chi connectivity index (χ4v) is 10.9. The molecule has 6 aromatic rings. The van der Waals surface area contributed by atoms with Gasteiger partial charge in [0, 0.05) is 64.6 Å². The van der Waals surface area contributed by atoms with Gasteiger partial charge in [0.1, 0.15) is 11.6 Å². The first-order valence-corrected chi connectivity index (χ1v) is 30.9.